The molecule has 8 nitrogen and oxygen atoms in total. The molecule has 0 saturated heterocycles. The van der Waals surface area contributed by atoms with Crippen LogP contribution in [0.1, 0.15) is 31.4 Å². The first-order chi connectivity index (χ1) is 11.8. The van der Waals surface area contributed by atoms with E-state index in [1.807, 2.05) is 0 Å². The minimum atomic E-state index is -1.14. The van der Waals surface area contributed by atoms with Gasteiger partial charge in [0.2, 0.25) is 0 Å². The van der Waals surface area contributed by atoms with Gasteiger partial charge in [-0.25, -0.2) is 0 Å². The summed E-state index contributed by atoms with van der Waals surface area (Å²) in [5.74, 6) is 0.786. The number of rotatable bonds is 5. The van der Waals surface area contributed by atoms with E-state index in [2.05, 4.69) is 0 Å². The van der Waals surface area contributed by atoms with Crippen LogP contribution in [0.5, 0.6) is 5.75 Å². The van der Waals surface area contributed by atoms with Crippen molar-refractivity contribution in [2.45, 2.75) is 37.6 Å². The SMILES string of the molecule is COCC1(C)Oc2ccc([N+](=O)[O-])cc2C(OC2=CC(=O)CC2)C1O. The van der Waals surface area contributed by atoms with Gasteiger partial charge in [-0.1, -0.05) is 0 Å². The smallest absolute Gasteiger partial charge is 0.270 e. The van der Waals surface area contributed by atoms with Crippen molar-refractivity contribution < 1.29 is 29.0 Å². The van der Waals surface area contributed by atoms with E-state index in [0.717, 1.165) is 0 Å². The molecule has 0 spiro atoms. The highest BCUT2D eigenvalue weighted by molar-refractivity contribution is 5.92. The third kappa shape index (κ3) is 3.22. The lowest BCUT2D eigenvalue weighted by Crippen LogP contribution is -2.54. The molecule has 1 N–H and O–H groups in total. The quantitative estimate of drug-likeness (QED) is 0.640. The molecular weight excluding hydrogens is 330 g/mol. The average Bonchev–Trinajstić information content (AvgIpc) is 2.97. The predicted octanol–water partition coefficient (Wildman–Crippen LogP) is 2.06. The second kappa shape index (κ2) is 6.45. The highest BCUT2D eigenvalue weighted by atomic mass is 16.6. The van der Waals surface area contributed by atoms with Gasteiger partial charge in [0.05, 0.1) is 11.5 Å². The van der Waals surface area contributed by atoms with Gasteiger partial charge >= 0.3 is 0 Å². The van der Waals surface area contributed by atoms with Gasteiger partial charge < -0.3 is 19.3 Å². The maximum atomic E-state index is 11.4. The fraction of sp³-hybridized carbons (Fsp3) is 0.471. The predicted molar refractivity (Wildman–Crippen MR) is 86.2 cm³/mol. The van der Waals surface area contributed by atoms with Crippen LogP contribution in [0.15, 0.2) is 30.0 Å². The number of allylic oxidation sites excluding steroid dienone is 2. The van der Waals surface area contributed by atoms with E-state index in [1.54, 1.807) is 6.92 Å². The summed E-state index contributed by atoms with van der Waals surface area (Å²) >= 11 is 0. The van der Waals surface area contributed by atoms with Crippen LogP contribution in [-0.2, 0) is 14.3 Å². The van der Waals surface area contributed by atoms with E-state index >= 15 is 0 Å². The van der Waals surface area contributed by atoms with Crippen LogP contribution in [-0.4, -0.2) is 41.2 Å². The summed E-state index contributed by atoms with van der Waals surface area (Å²) in [5, 5.41) is 21.9. The monoisotopic (exact) mass is 349 g/mol. The summed E-state index contributed by atoms with van der Waals surface area (Å²) in [7, 11) is 1.49. The number of carbonyl (C=O) groups excluding carboxylic acids is 1. The Morgan fingerprint density at radius 3 is 2.80 bits per heavy atom. The molecule has 1 aromatic carbocycles. The highest BCUT2D eigenvalue weighted by Gasteiger charge is 2.48. The van der Waals surface area contributed by atoms with Crippen molar-refractivity contribution in [3.05, 3.63) is 45.7 Å². The number of hydrogen-bond donors (Lipinski definition) is 1. The zero-order chi connectivity index (χ0) is 18.2. The summed E-state index contributed by atoms with van der Waals surface area (Å²) in [6, 6.07) is 4.14. The minimum absolute atomic E-state index is 0.0459. The van der Waals surface area contributed by atoms with Gasteiger partial charge in [-0.3, -0.25) is 14.9 Å². The van der Waals surface area contributed by atoms with Gasteiger partial charge in [0, 0.05) is 43.7 Å². The van der Waals surface area contributed by atoms with Crippen molar-refractivity contribution in [1.82, 2.24) is 0 Å². The molecule has 3 unspecified atom stereocenters. The number of nitro groups is 1. The molecule has 1 heterocycles. The van der Waals surface area contributed by atoms with Crippen molar-refractivity contribution in [2.75, 3.05) is 13.7 Å². The summed E-state index contributed by atoms with van der Waals surface area (Å²) in [6.07, 6.45) is 0.145. The van der Waals surface area contributed by atoms with Crippen molar-refractivity contribution in [1.29, 1.82) is 0 Å². The Bertz CT molecular complexity index is 745. The highest BCUT2D eigenvalue weighted by Crippen LogP contribution is 2.44. The molecule has 0 bridgehead atoms. The topological polar surface area (TPSA) is 108 Å². The van der Waals surface area contributed by atoms with E-state index in [9.17, 15) is 20.0 Å². The van der Waals surface area contributed by atoms with Crippen molar-refractivity contribution >= 4 is 11.5 Å². The first kappa shape index (κ1) is 17.4. The lowest BCUT2D eigenvalue weighted by Gasteiger charge is -2.43. The van der Waals surface area contributed by atoms with E-state index in [-0.39, 0.29) is 18.1 Å². The van der Waals surface area contributed by atoms with Crippen LogP contribution in [0.4, 0.5) is 5.69 Å². The number of nitro benzene ring substituents is 1. The van der Waals surface area contributed by atoms with Crippen molar-refractivity contribution in [2.24, 2.45) is 0 Å². The summed E-state index contributed by atoms with van der Waals surface area (Å²) < 4.78 is 16.9. The lowest BCUT2D eigenvalue weighted by molar-refractivity contribution is -0.385. The lowest BCUT2D eigenvalue weighted by atomic mass is 9.87. The van der Waals surface area contributed by atoms with Crippen molar-refractivity contribution in [3.63, 3.8) is 0 Å². The van der Waals surface area contributed by atoms with E-state index in [0.29, 0.717) is 29.9 Å². The van der Waals surface area contributed by atoms with Crippen LogP contribution >= 0.6 is 0 Å². The summed E-state index contributed by atoms with van der Waals surface area (Å²) in [4.78, 5) is 22.0. The van der Waals surface area contributed by atoms with Gasteiger partial charge in [0.1, 0.15) is 17.6 Å². The number of aliphatic hydroxyl groups is 1. The molecule has 3 atom stereocenters. The number of ether oxygens (including phenoxy) is 3. The Hall–Kier alpha value is -2.45. The molecule has 1 aromatic rings. The Kier molecular flexibility index (Phi) is 4.49. The molecule has 0 aromatic heterocycles. The number of hydrogen-bond acceptors (Lipinski definition) is 7. The average molecular weight is 349 g/mol. The molecule has 0 saturated carbocycles. The molecule has 2 aliphatic rings. The molecule has 1 aliphatic heterocycles. The normalized spacial score (nSPS) is 28.1. The number of nitrogens with zero attached hydrogens (tertiary/aromatic N) is 1. The Morgan fingerprint density at radius 2 is 2.20 bits per heavy atom. The molecule has 8 heteroatoms. The number of benzene rings is 1. The van der Waals surface area contributed by atoms with Gasteiger partial charge in [-0.2, -0.15) is 0 Å². The van der Waals surface area contributed by atoms with Gasteiger partial charge in [-0.05, 0) is 13.0 Å². The molecule has 1 aliphatic carbocycles. The Morgan fingerprint density at radius 1 is 1.44 bits per heavy atom. The van der Waals surface area contributed by atoms with E-state index < -0.39 is 22.7 Å². The second-order valence-electron chi connectivity index (χ2n) is 6.39. The first-order valence-corrected chi connectivity index (χ1v) is 7.88. The fourth-order valence-corrected chi connectivity index (χ4v) is 3.12. The number of methoxy groups -OCH3 is 1. The maximum absolute atomic E-state index is 11.4. The van der Waals surface area contributed by atoms with Crippen LogP contribution in [0.2, 0.25) is 0 Å². The number of fused-ring (bicyclic) bond motifs is 1. The van der Waals surface area contributed by atoms with Crippen molar-refractivity contribution in [3.8, 4) is 5.75 Å². The van der Waals surface area contributed by atoms with Crippen LogP contribution < -0.4 is 4.74 Å². The minimum Gasteiger partial charge on any atom is -0.487 e. The van der Waals surface area contributed by atoms with Gasteiger partial charge in [0.25, 0.3) is 5.69 Å². The first-order valence-electron chi connectivity index (χ1n) is 7.88. The number of ketones is 1. The molecule has 25 heavy (non-hydrogen) atoms. The number of carbonyl (C=O) groups is 1. The molecular formula is C17H19NO7. The summed E-state index contributed by atoms with van der Waals surface area (Å²) in [5.41, 5.74) is -0.850. The zero-order valence-electron chi connectivity index (χ0n) is 13.9. The standard InChI is InChI=1S/C17H19NO7/c1-17(9-23-2)16(20)15(24-12-5-4-11(19)8-12)13-7-10(18(21)22)3-6-14(13)25-17/h3,6-8,15-16,20H,4-5,9H2,1-2H3. The molecule has 0 amide bonds. The number of aliphatic hydroxyl groups excluding tert-OH is 1. The van der Waals surface area contributed by atoms with E-state index in [4.69, 9.17) is 14.2 Å². The largest absolute Gasteiger partial charge is 0.487 e. The number of non-ortho nitro benzene ring substituents is 1. The molecule has 0 fully saturated rings. The van der Waals surface area contributed by atoms with Gasteiger partial charge in [0.15, 0.2) is 17.5 Å². The third-order valence-electron chi connectivity index (χ3n) is 4.42. The Labute approximate surface area is 144 Å². The zero-order valence-corrected chi connectivity index (χ0v) is 13.9. The second-order valence-corrected chi connectivity index (χ2v) is 6.39. The fourth-order valence-electron chi connectivity index (χ4n) is 3.12. The molecule has 134 valence electrons. The van der Waals surface area contributed by atoms with Gasteiger partial charge in [-0.15, -0.1) is 0 Å². The Balaban J connectivity index is 2.03. The summed E-state index contributed by atoms with van der Waals surface area (Å²) in [6.45, 7) is 1.78. The van der Waals surface area contributed by atoms with Crippen LogP contribution in [0.3, 0.4) is 0 Å². The van der Waals surface area contributed by atoms with Crippen LogP contribution in [0.25, 0.3) is 0 Å². The van der Waals surface area contributed by atoms with Crippen LogP contribution in [0, 0.1) is 10.1 Å². The molecule has 3 rings (SSSR count). The third-order valence-corrected chi connectivity index (χ3v) is 4.42. The van der Waals surface area contributed by atoms with E-state index in [1.165, 1.54) is 31.4 Å². The maximum Gasteiger partial charge on any atom is 0.270 e. The molecule has 0 radical (unpaired) electrons.